The van der Waals surface area contributed by atoms with E-state index in [1.807, 2.05) is 17.9 Å². The summed E-state index contributed by atoms with van der Waals surface area (Å²) >= 11 is 0. The molecule has 2 heterocycles. The monoisotopic (exact) mass is 326 g/mol. The molecule has 6 heteroatoms. The molecule has 1 aliphatic rings. The second-order valence-corrected chi connectivity index (χ2v) is 6.12. The first-order valence-electron chi connectivity index (χ1n) is 7.93. The maximum atomic E-state index is 13.0. The van der Waals surface area contributed by atoms with Crippen LogP contribution < -0.4 is 0 Å². The van der Waals surface area contributed by atoms with Crippen molar-refractivity contribution in [3.05, 3.63) is 59.2 Å². The molecule has 1 atom stereocenters. The summed E-state index contributed by atoms with van der Waals surface area (Å²) in [5.41, 5.74) is 1.97. The molecule has 0 unspecified atom stereocenters. The highest BCUT2D eigenvalue weighted by Gasteiger charge is 2.28. The number of piperazine rings is 1. The zero-order chi connectivity index (χ0) is 17.1. The molecule has 0 spiro atoms. The van der Waals surface area contributed by atoms with Crippen LogP contribution in [0.15, 0.2) is 36.5 Å². The Morgan fingerprint density at radius 2 is 2.12 bits per heavy atom. The summed E-state index contributed by atoms with van der Waals surface area (Å²) in [5, 5.41) is 8.86. The standard InChI is InChI=1S/C18H19FN4O/c1-13-11-22(12-14-2-4-16(19)5-3-14)6-7-23(13)18(24)17-8-15(9-20)10-21-17/h2-5,8,10,13,21H,6-7,11-12H2,1H3/t13-/m1/s1. The minimum absolute atomic E-state index is 0.0699. The van der Waals surface area contributed by atoms with Gasteiger partial charge in [-0.05, 0) is 30.7 Å². The number of aromatic nitrogens is 1. The van der Waals surface area contributed by atoms with Crippen LogP contribution in [0.1, 0.15) is 28.5 Å². The highest BCUT2D eigenvalue weighted by Crippen LogP contribution is 2.16. The average molecular weight is 326 g/mol. The summed E-state index contributed by atoms with van der Waals surface area (Å²) < 4.78 is 13.0. The molecule has 1 aliphatic heterocycles. The fraction of sp³-hybridized carbons (Fsp3) is 0.333. The fourth-order valence-electron chi connectivity index (χ4n) is 3.06. The van der Waals surface area contributed by atoms with Gasteiger partial charge in [-0.2, -0.15) is 5.26 Å². The number of amides is 1. The lowest BCUT2D eigenvalue weighted by Gasteiger charge is -2.39. The third kappa shape index (κ3) is 3.47. The number of H-pyrrole nitrogens is 1. The van der Waals surface area contributed by atoms with E-state index in [0.29, 0.717) is 17.8 Å². The van der Waals surface area contributed by atoms with E-state index in [-0.39, 0.29) is 17.8 Å². The molecule has 3 rings (SSSR count). The van der Waals surface area contributed by atoms with Crippen molar-refractivity contribution in [2.75, 3.05) is 19.6 Å². The summed E-state index contributed by atoms with van der Waals surface area (Å²) in [5.74, 6) is -0.310. The second kappa shape index (κ2) is 6.85. The summed E-state index contributed by atoms with van der Waals surface area (Å²) in [4.78, 5) is 19.5. The number of nitrogens with one attached hydrogen (secondary N) is 1. The lowest BCUT2D eigenvalue weighted by Crippen LogP contribution is -2.53. The number of nitrogens with zero attached hydrogens (tertiary/aromatic N) is 3. The summed E-state index contributed by atoms with van der Waals surface area (Å²) in [6.45, 7) is 4.91. The van der Waals surface area contributed by atoms with Gasteiger partial charge in [-0.15, -0.1) is 0 Å². The predicted molar refractivity (Wildman–Crippen MR) is 87.7 cm³/mol. The highest BCUT2D eigenvalue weighted by atomic mass is 19.1. The Morgan fingerprint density at radius 3 is 2.75 bits per heavy atom. The zero-order valence-electron chi connectivity index (χ0n) is 13.5. The molecule has 0 saturated carbocycles. The topological polar surface area (TPSA) is 63.1 Å². The predicted octanol–water partition coefficient (Wildman–Crippen LogP) is 2.37. The summed E-state index contributed by atoms with van der Waals surface area (Å²) in [6.07, 6.45) is 1.54. The van der Waals surface area contributed by atoms with Crippen molar-refractivity contribution in [3.8, 4) is 6.07 Å². The van der Waals surface area contributed by atoms with Gasteiger partial charge in [0.05, 0.1) is 5.56 Å². The zero-order valence-corrected chi connectivity index (χ0v) is 13.5. The molecule has 5 nitrogen and oxygen atoms in total. The smallest absolute Gasteiger partial charge is 0.270 e. The Morgan fingerprint density at radius 1 is 1.38 bits per heavy atom. The van der Waals surface area contributed by atoms with Crippen molar-refractivity contribution >= 4 is 5.91 Å². The Labute approximate surface area is 140 Å². The van der Waals surface area contributed by atoms with Crippen LogP contribution in [-0.4, -0.2) is 46.4 Å². The number of halogens is 1. The first kappa shape index (κ1) is 16.2. The molecule has 1 N–H and O–H groups in total. The van der Waals surface area contributed by atoms with Crippen LogP contribution in [0.5, 0.6) is 0 Å². The van der Waals surface area contributed by atoms with Gasteiger partial charge in [0, 0.05) is 38.4 Å². The molecule has 0 aliphatic carbocycles. The minimum atomic E-state index is -0.231. The normalized spacial score (nSPS) is 18.4. The van der Waals surface area contributed by atoms with Crippen LogP contribution in [-0.2, 0) is 6.54 Å². The molecule has 1 fully saturated rings. The van der Waals surface area contributed by atoms with Gasteiger partial charge in [0.25, 0.3) is 5.91 Å². The number of carbonyl (C=O) groups is 1. The molecule has 1 aromatic carbocycles. The Hall–Kier alpha value is -2.65. The lowest BCUT2D eigenvalue weighted by molar-refractivity contribution is 0.0470. The third-order valence-electron chi connectivity index (χ3n) is 4.33. The van der Waals surface area contributed by atoms with E-state index in [0.717, 1.165) is 25.2 Å². The SMILES string of the molecule is C[C@@H]1CN(Cc2ccc(F)cc2)CCN1C(=O)c1cc(C#N)c[nH]1. The van der Waals surface area contributed by atoms with Crippen molar-refractivity contribution in [2.24, 2.45) is 0 Å². The largest absolute Gasteiger partial charge is 0.356 e. The Kier molecular flexibility index (Phi) is 4.63. The first-order chi connectivity index (χ1) is 11.6. The van der Waals surface area contributed by atoms with Crippen LogP contribution in [0.25, 0.3) is 0 Å². The van der Waals surface area contributed by atoms with Gasteiger partial charge < -0.3 is 9.88 Å². The van der Waals surface area contributed by atoms with Gasteiger partial charge in [0.2, 0.25) is 0 Å². The van der Waals surface area contributed by atoms with Crippen LogP contribution in [0.4, 0.5) is 4.39 Å². The molecular weight excluding hydrogens is 307 g/mol. The van der Waals surface area contributed by atoms with Gasteiger partial charge in [-0.25, -0.2) is 4.39 Å². The van der Waals surface area contributed by atoms with Crippen LogP contribution in [0.2, 0.25) is 0 Å². The van der Waals surface area contributed by atoms with Gasteiger partial charge in [-0.3, -0.25) is 9.69 Å². The van der Waals surface area contributed by atoms with Crippen LogP contribution in [0, 0.1) is 17.1 Å². The van der Waals surface area contributed by atoms with E-state index in [9.17, 15) is 9.18 Å². The number of benzene rings is 1. The van der Waals surface area contributed by atoms with Crippen molar-refractivity contribution in [1.29, 1.82) is 5.26 Å². The minimum Gasteiger partial charge on any atom is -0.356 e. The number of nitriles is 1. The van der Waals surface area contributed by atoms with Crippen LogP contribution in [0.3, 0.4) is 0 Å². The van der Waals surface area contributed by atoms with Gasteiger partial charge >= 0.3 is 0 Å². The average Bonchev–Trinajstić information content (AvgIpc) is 3.06. The Balaban J connectivity index is 1.61. The maximum Gasteiger partial charge on any atom is 0.270 e. The summed E-state index contributed by atoms with van der Waals surface area (Å²) in [6, 6.07) is 10.2. The van der Waals surface area contributed by atoms with E-state index in [1.54, 1.807) is 24.4 Å². The maximum absolute atomic E-state index is 13.0. The fourth-order valence-corrected chi connectivity index (χ4v) is 3.06. The molecule has 24 heavy (non-hydrogen) atoms. The molecule has 124 valence electrons. The number of aromatic amines is 1. The van der Waals surface area contributed by atoms with Gasteiger partial charge in [0.15, 0.2) is 0 Å². The van der Waals surface area contributed by atoms with Crippen molar-refractivity contribution in [1.82, 2.24) is 14.8 Å². The number of rotatable bonds is 3. The number of hydrogen-bond donors (Lipinski definition) is 1. The quantitative estimate of drug-likeness (QED) is 0.942. The molecule has 0 bridgehead atoms. The first-order valence-corrected chi connectivity index (χ1v) is 7.93. The van der Waals surface area contributed by atoms with E-state index in [2.05, 4.69) is 9.88 Å². The molecule has 1 aromatic heterocycles. The number of carbonyl (C=O) groups excluding carboxylic acids is 1. The van der Waals surface area contributed by atoms with E-state index in [1.165, 1.54) is 12.1 Å². The van der Waals surface area contributed by atoms with Crippen LogP contribution >= 0.6 is 0 Å². The molecule has 2 aromatic rings. The Bertz CT molecular complexity index is 762. The van der Waals surface area contributed by atoms with Crippen molar-refractivity contribution < 1.29 is 9.18 Å². The molecular formula is C18H19FN4O. The molecule has 1 amide bonds. The van der Waals surface area contributed by atoms with Gasteiger partial charge in [-0.1, -0.05) is 12.1 Å². The number of hydrogen-bond acceptors (Lipinski definition) is 3. The molecule has 1 saturated heterocycles. The second-order valence-electron chi connectivity index (χ2n) is 6.12. The molecule has 0 radical (unpaired) electrons. The van der Waals surface area contributed by atoms with E-state index in [4.69, 9.17) is 5.26 Å². The van der Waals surface area contributed by atoms with Crippen molar-refractivity contribution in [2.45, 2.75) is 19.5 Å². The summed E-state index contributed by atoms with van der Waals surface area (Å²) in [7, 11) is 0. The van der Waals surface area contributed by atoms with Gasteiger partial charge in [0.1, 0.15) is 17.6 Å². The highest BCUT2D eigenvalue weighted by molar-refractivity contribution is 5.93. The van der Waals surface area contributed by atoms with Crippen molar-refractivity contribution in [3.63, 3.8) is 0 Å². The van der Waals surface area contributed by atoms with E-state index < -0.39 is 0 Å². The van der Waals surface area contributed by atoms with E-state index >= 15 is 0 Å². The third-order valence-corrected chi connectivity index (χ3v) is 4.33. The lowest BCUT2D eigenvalue weighted by atomic mass is 10.1.